The van der Waals surface area contributed by atoms with E-state index in [-0.39, 0.29) is 12.5 Å². The molecule has 0 bridgehead atoms. The van der Waals surface area contributed by atoms with Crippen molar-refractivity contribution in [3.05, 3.63) is 99.0 Å². The zero-order valence-corrected chi connectivity index (χ0v) is 20.7. The standard InChI is InChI=1S/C27H21ClN6OS/c28-19-7-3-2-6-17(19)25-18-12-22(15-9-10-15)36-27(18)34-23(13-29-25)32-33-24(34)14-30-26(35)21-11-16-5-1-4-8-20(16)31-21/h1-8,11-12,15,31H,9-10,13-14H2,(H,30,35). The number of amides is 1. The van der Waals surface area contributed by atoms with E-state index in [2.05, 4.69) is 31.1 Å². The van der Waals surface area contributed by atoms with Crippen molar-refractivity contribution in [3.63, 3.8) is 0 Å². The number of nitrogens with zero attached hydrogens (tertiary/aromatic N) is 4. The Bertz CT molecular complexity index is 1640. The number of thiophene rings is 1. The summed E-state index contributed by atoms with van der Waals surface area (Å²) in [5.41, 5.74) is 4.27. The minimum Gasteiger partial charge on any atom is -0.351 e. The van der Waals surface area contributed by atoms with Gasteiger partial charge in [-0.2, -0.15) is 0 Å². The van der Waals surface area contributed by atoms with Gasteiger partial charge in [-0.15, -0.1) is 21.5 Å². The quantitative estimate of drug-likeness (QED) is 0.320. The Morgan fingerprint density at radius 3 is 2.75 bits per heavy atom. The van der Waals surface area contributed by atoms with E-state index in [1.807, 2.05) is 54.6 Å². The van der Waals surface area contributed by atoms with Crippen LogP contribution in [-0.4, -0.2) is 31.4 Å². The number of rotatable bonds is 5. The Morgan fingerprint density at radius 2 is 1.92 bits per heavy atom. The van der Waals surface area contributed by atoms with Gasteiger partial charge >= 0.3 is 0 Å². The molecular weight excluding hydrogens is 492 g/mol. The number of carbonyl (C=O) groups excluding carboxylic acids is 1. The van der Waals surface area contributed by atoms with E-state index < -0.39 is 0 Å². The number of halogens is 1. The number of benzene rings is 2. The number of para-hydroxylation sites is 1. The van der Waals surface area contributed by atoms with E-state index in [0.717, 1.165) is 38.6 Å². The van der Waals surface area contributed by atoms with Crippen molar-refractivity contribution < 1.29 is 4.79 Å². The fourth-order valence-electron chi connectivity index (χ4n) is 4.68. The average Bonchev–Trinajstić information content (AvgIpc) is 3.36. The summed E-state index contributed by atoms with van der Waals surface area (Å²) in [7, 11) is 0. The van der Waals surface area contributed by atoms with Gasteiger partial charge in [0.2, 0.25) is 0 Å². The molecule has 5 aromatic rings. The van der Waals surface area contributed by atoms with Crippen LogP contribution < -0.4 is 5.32 Å². The lowest BCUT2D eigenvalue weighted by Crippen LogP contribution is -2.25. The van der Waals surface area contributed by atoms with E-state index in [0.29, 0.717) is 29.0 Å². The van der Waals surface area contributed by atoms with Gasteiger partial charge in [-0.3, -0.25) is 14.4 Å². The number of aromatic nitrogens is 4. The number of hydrogen-bond donors (Lipinski definition) is 2. The molecule has 2 aliphatic rings. The molecule has 4 heterocycles. The first-order chi connectivity index (χ1) is 17.7. The van der Waals surface area contributed by atoms with E-state index in [1.165, 1.54) is 17.7 Å². The molecule has 0 spiro atoms. The van der Waals surface area contributed by atoms with Gasteiger partial charge in [0.1, 0.15) is 17.2 Å². The first-order valence-corrected chi connectivity index (χ1v) is 13.1. The van der Waals surface area contributed by atoms with Crippen LogP contribution in [0.1, 0.15) is 56.9 Å². The van der Waals surface area contributed by atoms with Gasteiger partial charge in [-0.25, -0.2) is 0 Å². The number of fused-ring (bicyclic) bond motifs is 4. The van der Waals surface area contributed by atoms with Crippen molar-refractivity contribution in [2.24, 2.45) is 4.99 Å². The van der Waals surface area contributed by atoms with Crippen LogP contribution in [0.25, 0.3) is 15.9 Å². The Hall–Kier alpha value is -3.75. The van der Waals surface area contributed by atoms with Crippen LogP contribution in [0.2, 0.25) is 5.02 Å². The molecule has 1 fully saturated rings. The van der Waals surface area contributed by atoms with Crippen LogP contribution >= 0.6 is 22.9 Å². The normalized spacial score (nSPS) is 14.8. The fraction of sp³-hybridized carbons (Fsp3) is 0.185. The molecule has 0 atom stereocenters. The largest absolute Gasteiger partial charge is 0.351 e. The van der Waals surface area contributed by atoms with Crippen molar-refractivity contribution in [2.45, 2.75) is 31.8 Å². The zero-order chi connectivity index (χ0) is 24.2. The van der Waals surface area contributed by atoms with Crippen LogP contribution in [0, 0.1) is 0 Å². The maximum atomic E-state index is 12.9. The predicted molar refractivity (Wildman–Crippen MR) is 141 cm³/mol. The number of aliphatic imine (C=N–C) groups is 1. The van der Waals surface area contributed by atoms with E-state index in [4.69, 9.17) is 16.6 Å². The highest BCUT2D eigenvalue weighted by atomic mass is 35.5. The molecule has 1 saturated carbocycles. The minimum absolute atomic E-state index is 0.185. The van der Waals surface area contributed by atoms with Crippen molar-refractivity contribution in [3.8, 4) is 5.00 Å². The number of nitrogens with one attached hydrogen (secondary N) is 2. The van der Waals surface area contributed by atoms with Crippen LogP contribution in [0.5, 0.6) is 0 Å². The summed E-state index contributed by atoms with van der Waals surface area (Å²) in [4.78, 5) is 22.4. The SMILES string of the molecule is O=C(NCc1nnc2n1-c1sc(C3CC3)cc1C(c1ccccc1Cl)=NC2)c1cc2ccccc2[nH]1. The Morgan fingerprint density at radius 1 is 1.08 bits per heavy atom. The van der Waals surface area contributed by atoms with Gasteiger partial charge in [-0.1, -0.05) is 48.0 Å². The molecular formula is C27H21ClN6OS. The molecule has 36 heavy (non-hydrogen) atoms. The highest BCUT2D eigenvalue weighted by Gasteiger charge is 2.31. The molecule has 2 N–H and O–H groups in total. The van der Waals surface area contributed by atoms with Gasteiger partial charge in [0.05, 0.1) is 12.3 Å². The monoisotopic (exact) mass is 512 g/mol. The van der Waals surface area contributed by atoms with Crippen LogP contribution in [0.3, 0.4) is 0 Å². The smallest absolute Gasteiger partial charge is 0.268 e. The first kappa shape index (κ1) is 21.5. The molecule has 3 aromatic heterocycles. The third-order valence-corrected chi connectivity index (χ3v) is 8.27. The second-order valence-corrected chi connectivity index (χ2v) is 10.6. The molecule has 0 saturated heterocycles. The second kappa shape index (κ2) is 8.43. The highest BCUT2D eigenvalue weighted by molar-refractivity contribution is 7.15. The van der Waals surface area contributed by atoms with Gasteiger partial charge in [-0.05, 0) is 43.0 Å². The van der Waals surface area contributed by atoms with Gasteiger partial charge in [0.25, 0.3) is 5.91 Å². The van der Waals surface area contributed by atoms with Gasteiger partial charge in [0.15, 0.2) is 11.6 Å². The average molecular weight is 513 g/mol. The maximum absolute atomic E-state index is 12.9. The number of carbonyl (C=O) groups is 1. The highest BCUT2D eigenvalue weighted by Crippen LogP contribution is 2.46. The summed E-state index contributed by atoms with van der Waals surface area (Å²) < 4.78 is 2.06. The fourth-order valence-corrected chi connectivity index (χ4v) is 6.27. The summed E-state index contributed by atoms with van der Waals surface area (Å²) in [5.74, 6) is 1.84. The predicted octanol–water partition coefficient (Wildman–Crippen LogP) is 5.62. The summed E-state index contributed by atoms with van der Waals surface area (Å²) in [6.07, 6.45) is 2.42. The maximum Gasteiger partial charge on any atom is 0.268 e. The third-order valence-electron chi connectivity index (χ3n) is 6.66. The first-order valence-electron chi connectivity index (χ1n) is 11.9. The molecule has 9 heteroatoms. The van der Waals surface area contributed by atoms with Crippen molar-refractivity contribution >= 4 is 45.5 Å². The molecule has 2 aromatic carbocycles. The molecule has 0 radical (unpaired) electrons. The zero-order valence-electron chi connectivity index (χ0n) is 19.2. The van der Waals surface area contributed by atoms with Crippen molar-refractivity contribution in [2.75, 3.05) is 0 Å². The van der Waals surface area contributed by atoms with Crippen LogP contribution in [-0.2, 0) is 13.1 Å². The summed E-state index contributed by atoms with van der Waals surface area (Å²) in [6, 6.07) is 19.8. The lowest BCUT2D eigenvalue weighted by atomic mass is 10.0. The summed E-state index contributed by atoms with van der Waals surface area (Å²) in [5, 5.41) is 14.6. The molecule has 178 valence electrons. The molecule has 1 aliphatic carbocycles. The molecule has 0 unspecified atom stereocenters. The minimum atomic E-state index is -0.185. The second-order valence-electron chi connectivity index (χ2n) is 9.11. The van der Waals surface area contributed by atoms with Gasteiger partial charge < -0.3 is 10.3 Å². The molecule has 1 amide bonds. The van der Waals surface area contributed by atoms with Crippen molar-refractivity contribution in [1.29, 1.82) is 0 Å². The van der Waals surface area contributed by atoms with E-state index in [1.54, 1.807) is 11.3 Å². The van der Waals surface area contributed by atoms with E-state index >= 15 is 0 Å². The van der Waals surface area contributed by atoms with Crippen LogP contribution in [0.4, 0.5) is 0 Å². The molecule has 7 nitrogen and oxygen atoms in total. The van der Waals surface area contributed by atoms with Crippen LogP contribution in [0.15, 0.2) is 65.7 Å². The Labute approximate surface area is 215 Å². The van der Waals surface area contributed by atoms with E-state index in [9.17, 15) is 4.79 Å². The summed E-state index contributed by atoms with van der Waals surface area (Å²) >= 11 is 8.34. The summed E-state index contributed by atoms with van der Waals surface area (Å²) in [6.45, 7) is 0.627. The number of hydrogen-bond acceptors (Lipinski definition) is 5. The Kier molecular flexibility index (Phi) is 5.04. The third kappa shape index (κ3) is 3.65. The topological polar surface area (TPSA) is 88.0 Å². The lowest BCUT2D eigenvalue weighted by Gasteiger charge is -2.10. The lowest BCUT2D eigenvalue weighted by molar-refractivity contribution is 0.0945. The number of H-pyrrole nitrogens is 1. The van der Waals surface area contributed by atoms with Gasteiger partial charge in [0, 0.05) is 31.9 Å². The number of aromatic amines is 1. The van der Waals surface area contributed by atoms with Crippen molar-refractivity contribution in [1.82, 2.24) is 25.1 Å². The molecule has 7 rings (SSSR count). The molecule has 1 aliphatic heterocycles. The Balaban J connectivity index is 1.24.